The molecule has 1 aromatic carbocycles. The minimum atomic E-state index is -3.80. The molecule has 0 bridgehead atoms. The highest BCUT2D eigenvalue weighted by molar-refractivity contribution is 7.86. The summed E-state index contributed by atoms with van der Waals surface area (Å²) in [6.45, 7) is 6.32. The van der Waals surface area contributed by atoms with E-state index < -0.39 is 15.7 Å². The van der Waals surface area contributed by atoms with E-state index in [0.717, 1.165) is 49.0 Å². The molecule has 6 nitrogen and oxygen atoms in total. The molecule has 38 heavy (non-hydrogen) atoms. The second kappa shape index (κ2) is 9.83. The van der Waals surface area contributed by atoms with Crippen molar-refractivity contribution >= 4 is 10.1 Å². The zero-order chi connectivity index (χ0) is 26.8. The van der Waals surface area contributed by atoms with Crippen LogP contribution in [-0.4, -0.2) is 52.7 Å². The predicted molar refractivity (Wildman–Crippen MR) is 145 cm³/mol. The molecule has 1 N–H and O–H groups in total. The summed E-state index contributed by atoms with van der Waals surface area (Å²) < 4.78 is 43.0. The highest BCUT2D eigenvalue weighted by Gasteiger charge is 2.63. The number of hydrogen-bond donors (Lipinski definition) is 1. The molecule has 0 amide bonds. The first-order chi connectivity index (χ1) is 18.1. The highest BCUT2D eigenvalue weighted by Crippen LogP contribution is 2.68. The van der Waals surface area contributed by atoms with Gasteiger partial charge in [-0.1, -0.05) is 24.6 Å². The van der Waals surface area contributed by atoms with Crippen LogP contribution < -0.4 is 0 Å². The zero-order valence-electron chi connectivity index (χ0n) is 23.4. The molecule has 1 aromatic rings. The molecule has 0 unspecified atom stereocenters. The van der Waals surface area contributed by atoms with Crippen molar-refractivity contribution in [2.45, 2.75) is 82.1 Å². The third-order valence-corrected chi connectivity index (χ3v) is 13.1. The molecule has 8 atom stereocenters. The van der Waals surface area contributed by atoms with Crippen LogP contribution in [0.5, 0.6) is 0 Å². The third kappa shape index (κ3) is 4.49. The second-order valence-corrected chi connectivity index (χ2v) is 15.5. The lowest BCUT2D eigenvalue weighted by molar-refractivity contribution is -0.196. The molecule has 4 saturated carbocycles. The second-order valence-electron chi connectivity index (χ2n) is 13.9. The first kappa shape index (κ1) is 27.2. The van der Waals surface area contributed by atoms with Gasteiger partial charge < -0.3 is 14.6 Å². The lowest BCUT2D eigenvalue weighted by Crippen LogP contribution is -2.58. The predicted octanol–water partition coefficient (Wildman–Crippen LogP) is 5.36. The monoisotopic (exact) mass is 546 g/mol. The fourth-order valence-corrected chi connectivity index (χ4v) is 11.1. The molecule has 212 valence electrons. The summed E-state index contributed by atoms with van der Waals surface area (Å²) in [7, 11) is -2.10. The summed E-state index contributed by atoms with van der Waals surface area (Å²) in [5, 5.41) is 11.1. The van der Waals surface area contributed by atoms with Crippen molar-refractivity contribution in [3.63, 3.8) is 0 Å². The van der Waals surface area contributed by atoms with Crippen molar-refractivity contribution in [2.75, 3.05) is 33.5 Å². The fraction of sp³-hybridized carbons (Fsp3) is 0.806. The molecule has 1 aliphatic heterocycles. The van der Waals surface area contributed by atoms with Crippen LogP contribution in [0.15, 0.2) is 29.2 Å². The molecule has 4 aliphatic carbocycles. The smallest absolute Gasteiger partial charge is 0.296 e. The number of rotatable bonds is 7. The van der Waals surface area contributed by atoms with E-state index in [4.69, 9.17) is 13.7 Å². The molecular weight excluding hydrogens is 500 g/mol. The number of hydrogen-bond acceptors (Lipinski definition) is 6. The highest BCUT2D eigenvalue weighted by atomic mass is 32.2. The average molecular weight is 547 g/mol. The molecule has 0 aromatic heterocycles. The topological polar surface area (TPSA) is 82.1 Å². The maximum Gasteiger partial charge on any atom is 0.296 e. The quantitative estimate of drug-likeness (QED) is 0.464. The Hall–Kier alpha value is -0.990. The van der Waals surface area contributed by atoms with Gasteiger partial charge in [0.2, 0.25) is 0 Å². The van der Waals surface area contributed by atoms with Crippen LogP contribution >= 0.6 is 0 Å². The Bertz CT molecular complexity index is 1110. The number of methoxy groups -OCH3 is 1. The standard InChI is InChI=1S/C31H46O6S/c1-21-4-7-23(8-5-21)38(33,34)37-19-30(17-36-18-30)28-11-10-27-26-9-6-22-16-31(32,20-35-3)15-13-24(22)25(26)12-14-29(27,28)2/h4-5,7-8,22,24-28,32H,6,9-20H2,1-3H3/t22-,24+,25-,26-,27+,28+,29+,31-/m1/s1. The summed E-state index contributed by atoms with van der Waals surface area (Å²) in [4.78, 5) is 0.233. The number of aliphatic hydroxyl groups is 1. The van der Waals surface area contributed by atoms with Gasteiger partial charge in [0.1, 0.15) is 0 Å². The normalized spacial score (nSPS) is 42.0. The molecule has 5 fully saturated rings. The summed E-state index contributed by atoms with van der Waals surface area (Å²) in [5.41, 5.74) is 0.383. The Morgan fingerprint density at radius 1 is 0.947 bits per heavy atom. The third-order valence-electron chi connectivity index (χ3n) is 11.8. The van der Waals surface area contributed by atoms with Crippen LogP contribution in [0.1, 0.15) is 70.3 Å². The first-order valence-corrected chi connectivity index (χ1v) is 16.3. The summed E-state index contributed by atoms with van der Waals surface area (Å²) in [6, 6.07) is 6.92. The lowest BCUT2D eigenvalue weighted by atomic mass is 9.47. The van der Waals surface area contributed by atoms with Crippen LogP contribution in [0.25, 0.3) is 0 Å². The van der Waals surface area contributed by atoms with E-state index in [1.807, 2.05) is 19.1 Å². The maximum absolute atomic E-state index is 13.0. The average Bonchev–Trinajstić information content (AvgIpc) is 3.21. The molecule has 1 saturated heterocycles. The maximum atomic E-state index is 13.0. The molecule has 6 rings (SSSR count). The summed E-state index contributed by atoms with van der Waals surface area (Å²) in [6.07, 6.45) is 10.2. The number of benzene rings is 1. The van der Waals surface area contributed by atoms with Gasteiger partial charge in [-0.3, -0.25) is 4.18 Å². The molecule has 0 spiro atoms. The Balaban J connectivity index is 1.16. The Kier molecular flexibility index (Phi) is 7.03. The van der Waals surface area contributed by atoms with Gasteiger partial charge in [-0.15, -0.1) is 0 Å². The van der Waals surface area contributed by atoms with Gasteiger partial charge in [0.25, 0.3) is 10.1 Å². The van der Waals surface area contributed by atoms with Crippen LogP contribution in [0, 0.1) is 53.3 Å². The molecular formula is C31H46O6S. The molecule has 0 radical (unpaired) electrons. The van der Waals surface area contributed by atoms with Gasteiger partial charge in [0.15, 0.2) is 0 Å². The van der Waals surface area contributed by atoms with E-state index in [1.165, 1.54) is 32.1 Å². The molecule has 5 aliphatic rings. The number of fused-ring (bicyclic) bond motifs is 5. The summed E-state index contributed by atoms with van der Waals surface area (Å²) >= 11 is 0. The van der Waals surface area contributed by atoms with Gasteiger partial charge in [-0.05, 0) is 118 Å². The number of aryl methyl sites for hydroxylation is 1. The Morgan fingerprint density at radius 2 is 1.68 bits per heavy atom. The number of ether oxygens (including phenoxy) is 2. The van der Waals surface area contributed by atoms with Crippen molar-refractivity contribution < 1.29 is 27.2 Å². The van der Waals surface area contributed by atoms with Crippen molar-refractivity contribution in [3.8, 4) is 0 Å². The minimum Gasteiger partial charge on any atom is -0.387 e. The Morgan fingerprint density at radius 3 is 2.37 bits per heavy atom. The zero-order valence-corrected chi connectivity index (χ0v) is 24.2. The van der Waals surface area contributed by atoms with Crippen LogP contribution in [-0.2, 0) is 23.8 Å². The summed E-state index contributed by atoms with van der Waals surface area (Å²) in [5.74, 6) is 4.00. The lowest BCUT2D eigenvalue weighted by Gasteiger charge is -2.59. The van der Waals surface area contributed by atoms with Gasteiger partial charge in [-0.2, -0.15) is 8.42 Å². The van der Waals surface area contributed by atoms with Crippen molar-refractivity contribution in [1.29, 1.82) is 0 Å². The first-order valence-electron chi connectivity index (χ1n) is 14.8. The molecule has 1 heterocycles. The van der Waals surface area contributed by atoms with Crippen molar-refractivity contribution in [1.82, 2.24) is 0 Å². The van der Waals surface area contributed by atoms with E-state index in [1.54, 1.807) is 19.2 Å². The van der Waals surface area contributed by atoms with Gasteiger partial charge >= 0.3 is 0 Å². The van der Waals surface area contributed by atoms with Gasteiger partial charge in [0.05, 0.1) is 36.9 Å². The van der Waals surface area contributed by atoms with E-state index in [-0.39, 0.29) is 22.3 Å². The minimum absolute atomic E-state index is 0.209. The van der Waals surface area contributed by atoms with E-state index in [9.17, 15) is 13.5 Å². The van der Waals surface area contributed by atoms with E-state index in [2.05, 4.69) is 6.92 Å². The van der Waals surface area contributed by atoms with E-state index >= 15 is 0 Å². The van der Waals surface area contributed by atoms with Gasteiger partial charge in [-0.25, -0.2) is 0 Å². The van der Waals surface area contributed by atoms with Crippen molar-refractivity contribution in [2.24, 2.45) is 46.3 Å². The van der Waals surface area contributed by atoms with Crippen LogP contribution in [0.3, 0.4) is 0 Å². The molecule has 7 heteroatoms. The van der Waals surface area contributed by atoms with Crippen LogP contribution in [0.4, 0.5) is 0 Å². The van der Waals surface area contributed by atoms with Crippen LogP contribution in [0.2, 0.25) is 0 Å². The Labute approximate surface area is 228 Å². The van der Waals surface area contributed by atoms with E-state index in [0.29, 0.717) is 37.6 Å². The largest absolute Gasteiger partial charge is 0.387 e. The van der Waals surface area contributed by atoms with Gasteiger partial charge in [0, 0.05) is 12.5 Å². The fourth-order valence-electron chi connectivity index (χ4n) is 10.1. The SMILES string of the molecule is COC[C@@]1(O)CC[C@H]2[C@H](CC[C@@H]3[C@@H]2CC[C@]2(C)[C@@H](C4(COS(=O)(=O)c5ccc(C)cc5)COC4)CC[C@@H]32)C1. The van der Waals surface area contributed by atoms with Crippen molar-refractivity contribution in [3.05, 3.63) is 29.8 Å².